The van der Waals surface area contributed by atoms with E-state index < -0.39 is 29.0 Å². The molecule has 0 aromatic rings. The number of rotatable bonds is 3. The third kappa shape index (κ3) is 4.39. The van der Waals surface area contributed by atoms with Crippen LogP contribution >= 0.6 is 0 Å². The van der Waals surface area contributed by atoms with E-state index >= 15 is 0 Å². The molecular formula is C11H22Al2O2. The molecule has 2 aliphatic rings. The van der Waals surface area contributed by atoms with E-state index in [1.807, 2.05) is 0 Å². The van der Waals surface area contributed by atoms with Gasteiger partial charge in [0.05, 0.1) is 0 Å². The van der Waals surface area contributed by atoms with E-state index in [2.05, 4.69) is 6.92 Å². The molecule has 0 spiro atoms. The van der Waals surface area contributed by atoms with Crippen LogP contribution < -0.4 is 0 Å². The van der Waals surface area contributed by atoms with Gasteiger partial charge in [0.25, 0.3) is 0 Å². The molecular weight excluding hydrogens is 218 g/mol. The Kier molecular flexibility index (Phi) is 5.52. The molecule has 2 saturated heterocycles. The second-order valence-corrected chi connectivity index (χ2v) is 10.5. The van der Waals surface area contributed by atoms with Gasteiger partial charge in [0.1, 0.15) is 0 Å². The summed E-state index contributed by atoms with van der Waals surface area (Å²) in [5.41, 5.74) is 0. The van der Waals surface area contributed by atoms with Gasteiger partial charge in [-0.15, -0.1) is 0 Å². The van der Waals surface area contributed by atoms with Crippen molar-refractivity contribution in [2.45, 2.75) is 59.8 Å². The fourth-order valence-electron chi connectivity index (χ4n) is 2.72. The predicted molar refractivity (Wildman–Crippen MR) is 65.7 cm³/mol. The largest absolute Gasteiger partial charge is 0.501 e. The zero-order chi connectivity index (χ0) is 10.5. The van der Waals surface area contributed by atoms with E-state index in [9.17, 15) is 0 Å². The minimum absolute atomic E-state index is 0.560. The molecule has 1 unspecified atom stereocenters. The third-order valence-electron chi connectivity index (χ3n) is 3.65. The lowest BCUT2D eigenvalue weighted by molar-refractivity contribution is 0.189. The summed E-state index contributed by atoms with van der Waals surface area (Å²) in [7, 11) is 0. The molecule has 0 N–H and O–H groups in total. The van der Waals surface area contributed by atoms with Crippen LogP contribution in [0.1, 0.15) is 32.6 Å². The van der Waals surface area contributed by atoms with Crippen molar-refractivity contribution in [2.24, 2.45) is 0 Å². The summed E-state index contributed by atoms with van der Waals surface area (Å²) < 4.78 is 12.0. The van der Waals surface area contributed by atoms with E-state index in [0.717, 1.165) is 6.61 Å². The first-order chi connectivity index (χ1) is 7.34. The summed E-state index contributed by atoms with van der Waals surface area (Å²) in [6.07, 6.45) is 6.01. The molecule has 0 aromatic heterocycles. The molecule has 0 amide bonds. The smallest absolute Gasteiger partial charge is 0.459 e. The van der Waals surface area contributed by atoms with E-state index in [4.69, 9.17) is 7.58 Å². The Morgan fingerprint density at radius 2 is 1.87 bits per heavy atom. The van der Waals surface area contributed by atoms with Gasteiger partial charge in [-0.1, -0.05) is 34.0 Å². The minimum Gasteiger partial charge on any atom is -0.501 e. The average Bonchev–Trinajstić information content (AvgIpc) is 2.28. The molecule has 2 heterocycles. The van der Waals surface area contributed by atoms with E-state index in [-0.39, 0.29) is 0 Å². The molecule has 84 valence electrons. The highest BCUT2D eigenvalue weighted by atomic mass is 27.2. The molecule has 15 heavy (non-hydrogen) atoms. The van der Waals surface area contributed by atoms with Crippen LogP contribution in [0.25, 0.3) is 0 Å². The van der Waals surface area contributed by atoms with Crippen LogP contribution in [0.5, 0.6) is 0 Å². The monoisotopic (exact) mass is 240 g/mol. The van der Waals surface area contributed by atoms with Crippen molar-refractivity contribution in [1.82, 2.24) is 0 Å². The first-order valence-electron chi connectivity index (χ1n) is 6.61. The lowest BCUT2D eigenvalue weighted by atomic mass is 10.2. The van der Waals surface area contributed by atoms with Crippen LogP contribution in [-0.4, -0.2) is 41.7 Å². The van der Waals surface area contributed by atoms with Gasteiger partial charge in [0, 0.05) is 12.7 Å². The Balaban J connectivity index is 1.63. The van der Waals surface area contributed by atoms with Gasteiger partial charge in [0.15, 0.2) is 0 Å². The quantitative estimate of drug-likeness (QED) is 0.706. The Morgan fingerprint density at radius 1 is 1.07 bits per heavy atom. The summed E-state index contributed by atoms with van der Waals surface area (Å²) >= 11 is -1.56. The maximum absolute atomic E-state index is 6.08. The van der Waals surface area contributed by atoms with Crippen molar-refractivity contribution < 1.29 is 7.58 Å². The van der Waals surface area contributed by atoms with Gasteiger partial charge >= 0.3 is 29.0 Å². The Bertz CT molecular complexity index is 183. The highest BCUT2D eigenvalue weighted by Crippen LogP contribution is 2.23. The van der Waals surface area contributed by atoms with Gasteiger partial charge < -0.3 is 7.58 Å². The van der Waals surface area contributed by atoms with E-state index in [1.165, 1.54) is 46.8 Å². The Labute approximate surface area is 103 Å². The Morgan fingerprint density at radius 3 is 2.60 bits per heavy atom. The molecule has 0 saturated carbocycles. The normalized spacial score (nSPS) is 28.2. The Hall–Kier alpha value is 0.985. The summed E-state index contributed by atoms with van der Waals surface area (Å²) in [5, 5.41) is 5.66. The molecule has 2 aliphatic heterocycles. The maximum atomic E-state index is 6.08. The lowest BCUT2D eigenvalue weighted by Gasteiger charge is -2.26. The highest BCUT2D eigenvalue weighted by molar-refractivity contribution is 6.58. The second kappa shape index (κ2) is 6.66. The van der Waals surface area contributed by atoms with Crippen molar-refractivity contribution >= 4 is 29.0 Å². The standard InChI is InChI=1S/C5H10O.C4H8O.C2H4.2Al/c1-3-4-5(2)6;1-2-3-4-5;1-2;;/h5H,1,3-4H2,2H3;1-4H2;1-2H2;;/q2*-1;;2*+1. The van der Waals surface area contributed by atoms with Crippen molar-refractivity contribution in [1.29, 1.82) is 0 Å². The molecule has 0 aromatic carbocycles. The first-order valence-corrected chi connectivity index (χ1v) is 10.8. The summed E-state index contributed by atoms with van der Waals surface area (Å²) in [6.45, 7) is 3.30. The van der Waals surface area contributed by atoms with Gasteiger partial charge in [-0.25, -0.2) is 0 Å². The van der Waals surface area contributed by atoms with Crippen LogP contribution in [0.2, 0.25) is 21.1 Å². The van der Waals surface area contributed by atoms with Crippen LogP contribution in [0.15, 0.2) is 0 Å². The molecule has 1 atom stereocenters. The predicted octanol–water partition coefficient (Wildman–Crippen LogP) is 2.98. The van der Waals surface area contributed by atoms with Crippen molar-refractivity contribution in [3.05, 3.63) is 0 Å². The van der Waals surface area contributed by atoms with Gasteiger partial charge in [-0.05, 0) is 19.8 Å². The van der Waals surface area contributed by atoms with Gasteiger partial charge in [-0.3, -0.25) is 0 Å². The summed E-state index contributed by atoms with van der Waals surface area (Å²) in [6, 6.07) is 0. The average molecular weight is 240 g/mol. The first kappa shape index (κ1) is 12.4. The molecule has 2 nitrogen and oxygen atoms in total. The van der Waals surface area contributed by atoms with Crippen LogP contribution in [0.4, 0.5) is 0 Å². The van der Waals surface area contributed by atoms with Crippen LogP contribution in [-0.2, 0) is 7.58 Å². The fraction of sp³-hybridized carbons (Fsp3) is 1.00. The zero-order valence-corrected chi connectivity index (χ0v) is 12.2. The van der Waals surface area contributed by atoms with Crippen molar-refractivity contribution in [3.8, 4) is 0 Å². The van der Waals surface area contributed by atoms with Crippen LogP contribution in [0.3, 0.4) is 0 Å². The zero-order valence-electron chi connectivity index (χ0n) is 9.91. The number of hydrogen-bond donors (Lipinski definition) is 0. The molecule has 2 rings (SSSR count). The molecule has 0 aliphatic carbocycles. The summed E-state index contributed by atoms with van der Waals surface area (Å²) in [5.74, 6) is 0. The van der Waals surface area contributed by atoms with Crippen LogP contribution in [0, 0.1) is 0 Å². The van der Waals surface area contributed by atoms with E-state index in [1.54, 1.807) is 0 Å². The second-order valence-electron chi connectivity index (χ2n) is 5.07. The third-order valence-corrected chi connectivity index (χ3v) is 9.93. The molecule has 2 fully saturated rings. The van der Waals surface area contributed by atoms with Gasteiger partial charge in [0.2, 0.25) is 0 Å². The van der Waals surface area contributed by atoms with Crippen molar-refractivity contribution in [3.63, 3.8) is 0 Å². The van der Waals surface area contributed by atoms with Gasteiger partial charge in [-0.2, -0.15) is 0 Å². The fourth-order valence-corrected chi connectivity index (χ4v) is 9.60. The molecule has 0 bridgehead atoms. The van der Waals surface area contributed by atoms with E-state index in [0.29, 0.717) is 6.10 Å². The highest BCUT2D eigenvalue weighted by Gasteiger charge is 2.31. The topological polar surface area (TPSA) is 18.5 Å². The minimum atomic E-state index is -0.800. The molecule has 4 heteroatoms. The number of hydrogen-bond acceptors (Lipinski definition) is 2. The SMILES string of the molecule is CC1CC[CH2][Al]([CH2][CH2][Al]2[CH2]CCC[O]2)[O]1. The summed E-state index contributed by atoms with van der Waals surface area (Å²) in [4.78, 5) is 0. The lowest BCUT2D eigenvalue weighted by Crippen LogP contribution is -2.31. The van der Waals surface area contributed by atoms with Crippen molar-refractivity contribution in [2.75, 3.05) is 6.61 Å². The molecule has 0 radical (unpaired) electrons. The maximum Gasteiger partial charge on any atom is 0.459 e.